The van der Waals surface area contributed by atoms with Crippen molar-refractivity contribution in [2.45, 2.75) is 0 Å². The van der Waals surface area contributed by atoms with Crippen molar-refractivity contribution < 1.29 is 4.79 Å². The lowest BCUT2D eigenvalue weighted by Crippen LogP contribution is -2.23. The lowest BCUT2D eigenvalue weighted by molar-refractivity contribution is -0.125. The molecule has 0 rings (SSSR count). The van der Waals surface area contributed by atoms with Gasteiger partial charge >= 0.3 is 0 Å². The molecule has 0 N–H and O–H groups in total. The summed E-state index contributed by atoms with van der Waals surface area (Å²) in [4.78, 5) is 12.3. The normalized spacial score (nSPS) is 8.50. The molecule has 10 heavy (non-hydrogen) atoms. The highest BCUT2D eigenvalue weighted by Gasteiger charge is 2.01. The second-order valence-corrected chi connectivity index (χ2v) is 2.92. The highest BCUT2D eigenvalue weighted by molar-refractivity contribution is 8.00. The van der Waals surface area contributed by atoms with Gasteiger partial charge in [-0.3, -0.25) is 4.79 Å². The van der Waals surface area contributed by atoms with E-state index in [1.54, 1.807) is 14.1 Å². The van der Waals surface area contributed by atoms with Gasteiger partial charge in [0.1, 0.15) is 0 Å². The van der Waals surface area contributed by atoms with Gasteiger partial charge in [-0.15, -0.1) is 11.8 Å². The van der Waals surface area contributed by atoms with E-state index in [0.717, 1.165) is 0 Å². The largest absolute Gasteiger partial charge is 0.348 e. The van der Waals surface area contributed by atoms with Crippen molar-refractivity contribution in [3.05, 3.63) is 0 Å². The van der Waals surface area contributed by atoms with Crippen LogP contribution in [0.15, 0.2) is 0 Å². The SMILES string of the molecule is CN(C)C(=O)CSCC#N. The first-order valence-corrected chi connectivity index (χ1v) is 3.98. The van der Waals surface area contributed by atoms with E-state index in [4.69, 9.17) is 5.26 Å². The van der Waals surface area contributed by atoms with E-state index in [9.17, 15) is 4.79 Å². The lowest BCUT2D eigenvalue weighted by atomic mass is 10.6. The number of thioether (sulfide) groups is 1. The molecular weight excluding hydrogens is 148 g/mol. The number of carbonyl (C=O) groups excluding carboxylic acids is 1. The van der Waals surface area contributed by atoms with Gasteiger partial charge in [-0.1, -0.05) is 0 Å². The average molecular weight is 158 g/mol. The second kappa shape index (κ2) is 5.12. The summed E-state index contributed by atoms with van der Waals surface area (Å²) < 4.78 is 0. The summed E-state index contributed by atoms with van der Waals surface area (Å²) in [7, 11) is 3.41. The molecule has 0 saturated heterocycles. The molecule has 0 aromatic heterocycles. The smallest absolute Gasteiger partial charge is 0.232 e. The van der Waals surface area contributed by atoms with E-state index in [1.165, 1.54) is 16.7 Å². The van der Waals surface area contributed by atoms with E-state index in [-0.39, 0.29) is 5.91 Å². The molecule has 0 fully saturated rings. The van der Waals surface area contributed by atoms with E-state index >= 15 is 0 Å². The second-order valence-electron chi connectivity index (χ2n) is 1.94. The molecule has 0 radical (unpaired) electrons. The zero-order chi connectivity index (χ0) is 7.98. The molecule has 3 nitrogen and oxygen atoms in total. The van der Waals surface area contributed by atoms with Gasteiger partial charge in [0.2, 0.25) is 5.91 Å². The molecular formula is C6H10N2OS. The molecule has 0 atom stereocenters. The van der Waals surface area contributed by atoms with Crippen molar-refractivity contribution in [3.8, 4) is 6.07 Å². The van der Waals surface area contributed by atoms with Gasteiger partial charge in [-0.25, -0.2) is 0 Å². The molecule has 0 aliphatic heterocycles. The summed E-state index contributed by atoms with van der Waals surface area (Å²) in [6.45, 7) is 0. The number of carbonyl (C=O) groups is 1. The predicted molar refractivity (Wildman–Crippen MR) is 41.6 cm³/mol. The van der Waals surface area contributed by atoms with Gasteiger partial charge in [0.05, 0.1) is 17.6 Å². The van der Waals surface area contributed by atoms with Crippen molar-refractivity contribution >= 4 is 17.7 Å². The number of nitriles is 1. The molecule has 0 aliphatic rings. The van der Waals surface area contributed by atoms with Crippen molar-refractivity contribution in [2.75, 3.05) is 25.6 Å². The third kappa shape index (κ3) is 4.21. The van der Waals surface area contributed by atoms with Crippen molar-refractivity contribution in [2.24, 2.45) is 0 Å². The Morgan fingerprint density at radius 3 is 2.70 bits per heavy atom. The van der Waals surface area contributed by atoms with Crippen LogP contribution in [0.5, 0.6) is 0 Å². The van der Waals surface area contributed by atoms with Crippen LogP contribution in [0.3, 0.4) is 0 Å². The highest BCUT2D eigenvalue weighted by Crippen LogP contribution is 1.98. The molecule has 0 aromatic rings. The van der Waals surface area contributed by atoms with Crippen molar-refractivity contribution in [3.63, 3.8) is 0 Å². The van der Waals surface area contributed by atoms with Gasteiger partial charge in [-0.2, -0.15) is 5.26 Å². The average Bonchev–Trinajstić information content (AvgIpc) is 1.88. The molecule has 0 spiro atoms. The van der Waals surface area contributed by atoms with Gasteiger partial charge in [-0.05, 0) is 0 Å². The Hall–Kier alpha value is -0.690. The lowest BCUT2D eigenvalue weighted by Gasteiger charge is -2.07. The number of hydrogen-bond acceptors (Lipinski definition) is 3. The predicted octanol–water partition coefficient (Wildman–Crippen LogP) is 0.331. The third-order valence-electron chi connectivity index (χ3n) is 0.891. The molecule has 0 saturated carbocycles. The monoisotopic (exact) mass is 158 g/mol. The third-order valence-corrected chi connectivity index (χ3v) is 1.68. The number of rotatable bonds is 3. The van der Waals surface area contributed by atoms with Gasteiger partial charge in [0, 0.05) is 14.1 Å². The van der Waals surface area contributed by atoms with Crippen LogP contribution >= 0.6 is 11.8 Å². The summed E-state index contributed by atoms with van der Waals surface area (Å²) in [5.74, 6) is 0.848. The van der Waals surface area contributed by atoms with E-state index in [1.807, 2.05) is 6.07 Å². The zero-order valence-electron chi connectivity index (χ0n) is 6.13. The fraction of sp³-hybridized carbons (Fsp3) is 0.667. The first kappa shape index (κ1) is 9.31. The molecule has 0 heterocycles. The Labute approximate surface area is 65.0 Å². The maximum atomic E-state index is 10.8. The van der Waals surface area contributed by atoms with E-state index in [0.29, 0.717) is 11.5 Å². The van der Waals surface area contributed by atoms with Crippen LogP contribution in [0.1, 0.15) is 0 Å². The fourth-order valence-electron chi connectivity index (χ4n) is 0.313. The minimum Gasteiger partial charge on any atom is -0.348 e. The summed E-state index contributed by atoms with van der Waals surface area (Å²) >= 11 is 1.34. The Morgan fingerprint density at radius 2 is 2.30 bits per heavy atom. The summed E-state index contributed by atoms with van der Waals surface area (Å²) in [6, 6.07) is 1.95. The van der Waals surface area contributed by atoms with Crippen LogP contribution in [0.2, 0.25) is 0 Å². The van der Waals surface area contributed by atoms with Gasteiger partial charge < -0.3 is 4.90 Å². The molecule has 4 heteroatoms. The molecule has 0 bridgehead atoms. The minimum atomic E-state index is 0.0558. The van der Waals surface area contributed by atoms with Crippen LogP contribution in [0.4, 0.5) is 0 Å². The van der Waals surface area contributed by atoms with Crippen molar-refractivity contribution in [1.29, 1.82) is 5.26 Å². The standard InChI is InChI=1S/C6H10N2OS/c1-8(2)6(9)5-10-4-3-7/h4-5H2,1-2H3. The molecule has 0 aromatic carbocycles. The first-order chi connectivity index (χ1) is 4.68. The van der Waals surface area contributed by atoms with Crippen LogP contribution in [-0.2, 0) is 4.79 Å². The molecule has 1 amide bonds. The van der Waals surface area contributed by atoms with Crippen LogP contribution in [-0.4, -0.2) is 36.4 Å². The Balaban J connectivity index is 3.33. The Bertz CT molecular complexity index is 150. The number of amides is 1. The van der Waals surface area contributed by atoms with Crippen LogP contribution in [0, 0.1) is 11.3 Å². The first-order valence-electron chi connectivity index (χ1n) is 2.83. The van der Waals surface area contributed by atoms with E-state index < -0.39 is 0 Å². The Morgan fingerprint density at radius 1 is 1.70 bits per heavy atom. The quantitative estimate of drug-likeness (QED) is 0.556. The fourth-order valence-corrected chi connectivity index (χ4v) is 0.939. The summed E-state index contributed by atoms with van der Waals surface area (Å²) in [5, 5.41) is 8.12. The molecule has 0 unspecified atom stereocenters. The summed E-state index contributed by atoms with van der Waals surface area (Å²) in [5.41, 5.74) is 0. The van der Waals surface area contributed by atoms with Gasteiger partial charge in [0.25, 0.3) is 0 Å². The minimum absolute atomic E-state index is 0.0558. The highest BCUT2D eigenvalue weighted by atomic mass is 32.2. The maximum Gasteiger partial charge on any atom is 0.232 e. The Kier molecular flexibility index (Phi) is 4.77. The topological polar surface area (TPSA) is 44.1 Å². The zero-order valence-corrected chi connectivity index (χ0v) is 6.94. The number of hydrogen-bond donors (Lipinski definition) is 0. The van der Waals surface area contributed by atoms with E-state index in [2.05, 4.69) is 0 Å². The molecule has 56 valence electrons. The van der Waals surface area contributed by atoms with Crippen molar-refractivity contribution in [1.82, 2.24) is 4.90 Å². The summed E-state index contributed by atoms with van der Waals surface area (Å²) in [6.07, 6.45) is 0. The maximum absolute atomic E-state index is 10.8. The van der Waals surface area contributed by atoms with Gasteiger partial charge in [0.15, 0.2) is 0 Å². The van der Waals surface area contributed by atoms with Crippen LogP contribution < -0.4 is 0 Å². The molecule has 0 aliphatic carbocycles. The van der Waals surface area contributed by atoms with Crippen LogP contribution in [0.25, 0.3) is 0 Å². The number of nitrogens with zero attached hydrogens (tertiary/aromatic N) is 2.